The van der Waals surface area contributed by atoms with Crippen LogP contribution in [0.2, 0.25) is 0 Å². The average molecular weight is 559 g/mol. The summed E-state index contributed by atoms with van der Waals surface area (Å²) < 4.78 is 29.2. The molecule has 0 bridgehead atoms. The average Bonchev–Trinajstić information content (AvgIpc) is 3.09. The van der Waals surface area contributed by atoms with E-state index < -0.39 is 33.5 Å². The predicted octanol–water partition coefficient (Wildman–Crippen LogP) is 3.44. The second-order valence-corrected chi connectivity index (χ2v) is 10.1. The summed E-state index contributed by atoms with van der Waals surface area (Å²) in [5, 5.41) is 26.3. The molecule has 0 unspecified atom stereocenters. The van der Waals surface area contributed by atoms with Gasteiger partial charge in [0.1, 0.15) is 5.76 Å². The summed E-state index contributed by atoms with van der Waals surface area (Å²) in [7, 11) is -2.63. The number of aliphatic hydroxyl groups excluding tert-OH is 1. The number of ether oxygens (including phenoxy) is 1. The van der Waals surface area contributed by atoms with E-state index in [9.17, 15) is 28.2 Å². The predicted molar refractivity (Wildman–Crippen MR) is 131 cm³/mol. The maximum atomic E-state index is 13.2. The molecule has 0 saturated carbocycles. The van der Waals surface area contributed by atoms with Crippen LogP contribution in [0.3, 0.4) is 0 Å². The van der Waals surface area contributed by atoms with Crippen LogP contribution in [-0.2, 0) is 19.6 Å². The molecule has 0 aliphatic carbocycles. The van der Waals surface area contributed by atoms with E-state index in [1.807, 2.05) is 0 Å². The Balaban J connectivity index is 1.95. The first kappa shape index (κ1) is 24.5. The number of aliphatic hydroxyl groups is 1. The third-order valence-corrected chi connectivity index (χ3v) is 6.98. The molecule has 3 aromatic rings. The highest BCUT2D eigenvalue weighted by atomic mass is 79.9. The van der Waals surface area contributed by atoms with E-state index in [-0.39, 0.29) is 27.7 Å². The lowest BCUT2D eigenvalue weighted by molar-refractivity contribution is -0.132. The largest absolute Gasteiger partial charge is 0.507 e. The molecule has 4 rings (SSSR count). The van der Waals surface area contributed by atoms with Gasteiger partial charge in [-0.25, -0.2) is 13.6 Å². The van der Waals surface area contributed by atoms with Crippen LogP contribution in [0, 0.1) is 0 Å². The summed E-state index contributed by atoms with van der Waals surface area (Å²) in [4.78, 5) is 27.4. The van der Waals surface area contributed by atoms with Crippen molar-refractivity contribution < 1.29 is 33.0 Å². The zero-order valence-electron chi connectivity index (χ0n) is 18.2. The van der Waals surface area contributed by atoms with Gasteiger partial charge in [0.05, 0.1) is 23.6 Å². The fourth-order valence-electron chi connectivity index (χ4n) is 3.84. The summed E-state index contributed by atoms with van der Waals surface area (Å²) in [6.07, 6.45) is 0. The number of anilines is 1. The standard InChI is InChI=1S/C24H19BrN2O7S/c1-34-19-12-14(4-11-18(19)28)21-20(22(29)13-2-5-15(25)6-3-13)23(30)24(31)27(21)16-7-9-17(10-8-16)35(26,32)33/h2-12,21,28-29H,1H3,(H2,26,32,33)/t21-/m1/s1. The van der Waals surface area contributed by atoms with Gasteiger partial charge in [0.25, 0.3) is 11.7 Å². The van der Waals surface area contributed by atoms with Crippen LogP contribution in [0.5, 0.6) is 11.5 Å². The summed E-state index contributed by atoms with van der Waals surface area (Å²) in [5.74, 6) is -2.31. The third kappa shape index (κ3) is 4.53. The second kappa shape index (κ2) is 9.17. The first-order chi connectivity index (χ1) is 16.5. The molecule has 3 aromatic carbocycles. The van der Waals surface area contributed by atoms with Crippen molar-refractivity contribution in [2.24, 2.45) is 5.14 Å². The number of amides is 1. The fraction of sp³-hybridized carbons (Fsp3) is 0.0833. The Morgan fingerprint density at radius 1 is 1.03 bits per heavy atom. The third-order valence-electron chi connectivity index (χ3n) is 5.53. The van der Waals surface area contributed by atoms with E-state index in [0.717, 1.165) is 9.37 Å². The van der Waals surface area contributed by atoms with Crippen LogP contribution >= 0.6 is 15.9 Å². The Labute approximate surface area is 209 Å². The number of primary sulfonamides is 1. The molecule has 4 N–H and O–H groups in total. The molecule has 1 fully saturated rings. The first-order valence-corrected chi connectivity index (χ1v) is 12.4. The van der Waals surface area contributed by atoms with Gasteiger partial charge in [0.2, 0.25) is 10.0 Å². The highest BCUT2D eigenvalue weighted by Crippen LogP contribution is 2.44. The van der Waals surface area contributed by atoms with Crippen LogP contribution in [0.25, 0.3) is 5.76 Å². The lowest BCUT2D eigenvalue weighted by Crippen LogP contribution is -2.29. The topological polar surface area (TPSA) is 147 Å². The number of methoxy groups -OCH3 is 1. The number of phenols is 1. The quantitative estimate of drug-likeness (QED) is 0.247. The Hall–Kier alpha value is -3.67. The van der Waals surface area contributed by atoms with E-state index in [2.05, 4.69) is 15.9 Å². The van der Waals surface area contributed by atoms with Crippen molar-refractivity contribution in [3.05, 3.63) is 87.9 Å². The number of halogens is 1. The molecule has 1 aliphatic rings. The molecule has 0 radical (unpaired) electrons. The van der Waals surface area contributed by atoms with Gasteiger partial charge in [-0.3, -0.25) is 14.5 Å². The zero-order chi connectivity index (χ0) is 25.5. The van der Waals surface area contributed by atoms with Gasteiger partial charge in [-0.2, -0.15) is 0 Å². The number of Topliss-reactive ketones (excluding diaryl/α,β-unsaturated/α-hetero) is 1. The Bertz CT molecular complexity index is 1470. The minimum atomic E-state index is -3.98. The Morgan fingerprint density at radius 3 is 2.23 bits per heavy atom. The number of hydrogen-bond acceptors (Lipinski definition) is 7. The van der Waals surface area contributed by atoms with Gasteiger partial charge in [-0.15, -0.1) is 0 Å². The second-order valence-electron chi connectivity index (χ2n) is 7.65. The smallest absolute Gasteiger partial charge is 0.300 e. The summed E-state index contributed by atoms with van der Waals surface area (Å²) >= 11 is 3.31. The molecule has 180 valence electrons. The van der Waals surface area contributed by atoms with Crippen molar-refractivity contribution in [3.8, 4) is 11.5 Å². The molecular weight excluding hydrogens is 540 g/mol. The molecule has 1 heterocycles. The van der Waals surface area contributed by atoms with Crippen molar-refractivity contribution in [3.63, 3.8) is 0 Å². The zero-order valence-corrected chi connectivity index (χ0v) is 20.6. The van der Waals surface area contributed by atoms with Crippen molar-refractivity contribution in [1.29, 1.82) is 0 Å². The van der Waals surface area contributed by atoms with Crippen molar-refractivity contribution >= 4 is 49.1 Å². The molecule has 11 heteroatoms. The number of hydrogen-bond donors (Lipinski definition) is 3. The summed E-state index contributed by atoms with van der Waals surface area (Å²) in [6.45, 7) is 0. The minimum absolute atomic E-state index is 0.0984. The Kier molecular flexibility index (Phi) is 6.41. The highest BCUT2D eigenvalue weighted by molar-refractivity contribution is 9.10. The number of rotatable bonds is 5. The van der Waals surface area contributed by atoms with Gasteiger partial charge >= 0.3 is 0 Å². The number of carbonyl (C=O) groups excluding carboxylic acids is 2. The Morgan fingerprint density at radius 2 is 1.66 bits per heavy atom. The summed E-state index contributed by atoms with van der Waals surface area (Å²) in [5.41, 5.74) is 0.700. The van der Waals surface area contributed by atoms with E-state index >= 15 is 0 Å². The molecule has 1 atom stereocenters. The lowest BCUT2D eigenvalue weighted by atomic mass is 9.95. The monoisotopic (exact) mass is 558 g/mol. The SMILES string of the molecule is COc1cc([C@@H]2C(=C(O)c3ccc(Br)cc3)C(=O)C(=O)N2c2ccc(S(N)(=O)=O)cc2)ccc1O. The number of nitrogens with zero attached hydrogens (tertiary/aromatic N) is 1. The molecule has 0 spiro atoms. The molecule has 0 aromatic heterocycles. The molecule has 1 saturated heterocycles. The van der Waals surface area contributed by atoms with Crippen LogP contribution in [-0.4, -0.2) is 37.4 Å². The number of ketones is 1. The van der Waals surface area contributed by atoms with Gasteiger partial charge in [-0.05, 0) is 54.1 Å². The van der Waals surface area contributed by atoms with Gasteiger partial charge in [0, 0.05) is 15.7 Å². The van der Waals surface area contributed by atoms with Gasteiger partial charge in [-0.1, -0.05) is 34.1 Å². The number of carbonyl (C=O) groups is 2. The van der Waals surface area contributed by atoms with E-state index in [0.29, 0.717) is 11.1 Å². The summed E-state index contributed by atoms with van der Waals surface area (Å²) in [6, 6.07) is 14.8. The van der Waals surface area contributed by atoms with Crippen molar-refractivity contribution in [1.82, 2.24) is 0 Å². The number of aromatic hydroxyl groups is 1. The lowest BCUT2D eigenvalue weighted by Gasteiger charge is -2.26. The molecular formula is C24H19BrN2O7S. The number of nitrogens with two attached hydrogens (primary N) is 1. The highest BCUT2D eigenvalue weighted by Gasteiger charge is 2.47. The number of sulfonamides is 1. The normalized spacial score (nSPS) is 17.6. The van der Waals surface area contributed by atoms with E-state index in [4.69, 9.17) is 9.88 Å². The van der Waals surface area contributed by atoms with Gasteiger partial charge < -0.3 is 14.9 Å². The molecule has 1 aliphatic heterocycles. The number of benzene rings is 3. The number of phenolic OH excluding ortho intramolecular Hbond substituents is 1. The van der Waals surface area contributed by atoms with Crippen molar-refractivity contribution in [2.45, 2.75) is 10.9 Å². The van der Waals surface area contributed by atoms with Crippen LogP contribution in [0.15, 0.2) is 81.7 Å². The maximum Gasteiger partial charge on any atom is 0.300 e. The van der Waals surface area contributed by atoms with E-state index in [1.165, 1.54) is 49.6 Å². The van der Waals surface area contributed by atoms with Crippen LogP contribution in [0.1, 0.15) is 17.2 Å². The first-order valence-electron chi connectivity index (χ1n) is 10.1. The molecule has 1 amide bonds. The van der Waals surface area contributed by atoms with Gasteiger partial charge in [0.15, 0.2) is 11.5 Å². The molecule has 9 nitrogen and oxygen atoms in total. The maximum absolute atomic E-state index is 13.2. The fourth-order valence-corrected chi connectivity index (χ4v) is 4.62. The minimum Gasteiger partial charge on any atom is -0.507 e. The van der Waals surface area contributed by atoms with E-state index in [1.54, 1.807) is 24.3 Å². The van der Waals surface area contributed by atoms with Crippen molar-refractivity contribution in [2.75, 3.05) is 12.0 Å². The molecule has 35 heavy (non-hydrogen) atoms. The van der Waals surface area contributed by atoms with Crippen LogP contribution in [0.4, 0.5) is 5.69 Å². The van der Waals surface area contributed by atoms with Crippen LogP contribution < -0.4 is 14.8 Å².